The van der Waals surface area contributed by atoms with E-state index in [0.717, 1.165) is 12.2 Å². The largest absolute Gasteiger partial charge is 0.444 e. The molecule has 0 unspecified atom stereocenters. The first-order chi connectivity index (χ1) is 12.4. The van der Waals surface area contributed by atoms with Crippen LogP contribution in [0.1, 0.15) is 58.3 Å². The lowest BCUT2D eigenvalue weighted by molar-refractivity contribution is 0.0226. The van der Waals surface area contributed by atoms with Crippen LogP contribution in [0.3, 0.4) is 0 Å². The molecule has 7 nitrogen and oxygen atoms in total. The Kier molecular flexibility index (Phi) is 6.02. The number of pyridine rings is 1. The fourth-order valence-electron chi connectivity index (χ4n) is 2.89. The van der Waals surface area contributed by atoms with Gasteiger partial charge in [0.25, 0.3) is 5.91 Å². The van der Waals surface area contributed by atoms with E-state index >= 15 is 0 Å². The molecule has 1 aromatic rings. The van der Waals surface area contributed by atoms with E-state index in [1.165, 1.54) is 0 Å². The quantitative estimate of drug-likeness (QED) is 0.875. The maximum Gasteiger partial charge on any atom is 0.410 e. The van der Waals surface area contributed by atoms with Gasteiger partial charge in [-0.15, -0.1) is 0 Å². The lowest BCUT2D eigenvalue weighted by atomic mass is 10.1. The smallest absolute Gasteiger partial charge is 0.410 e. The summed E-state index contributed by atoms with van der Waals surface area (Å²) in [6, 6.07) is 3.56. The molecule has 1 atom stereocenters. The molecule has 2 amide bonds. The molecule has 27 heavy (non-hydrogen) atoms. The molecule has 0 aliphatic carbocycles. The Morgan fingerprint density at radius 3 is 2.41 bits per heavy atom. The van der Waals surface area contributed by atoms with Crippen LogP contribution in [-0.4, -0.2) is 64.1 Å². The summed E-state index contributed by atoms with van der Waals surface area (Å²) in [7, 11) is 1.72. The van der Waals surface area contributed by atoms with Crippen LogP contribution < -0.4 is 5.32 Å². The van der Waals surface area contributed by atoms with Crippen molar-refractivity contribution >= 4 is 17.8 Å². The van der Waals surface area contributed by atoms with Crippen molar-refractivity contribution in [1.29, 1.82) is 0 Å². The van der Waals surface area contributed by atoms with E-state index in [2.05, 4.69) is 31.1 Å². The Morgan fingerprint density at radius 2 is 1.89 bits per heavy atom. The summed E-state index contributed by atoms with van der Waals surface area (Å²) in [6.07, 6.45) is 1.97. The normalized spacial score (nSPS) is 17.6. The molecule has 1 aromatic heterocycles. The SMILES string of the molecule is CN(C(=O)OC(C)(C)C)[C@H]1CCN(C(=O)c2ccc(NC(C)(C)C)nc2)C1. The van der Waals surface area contributed by atoms with E-state index in [0.29, 0.717) is 18.7 Å². The van der Waals surface area contributed by atoms with E-state index < -0.39 is 5.60 Å². The number of amides is 2. The van der Waals surface area contributed by atoms with Crippen LogP contribution in [0.25, 0.3) is 0 Å². The average molecular weight is 377 g/mol. The highest BCUT2D eigenvalue weighted by Crippen LogP contribution is 2.20. The second kappa shape index (κ2) is 7.74. The fourth-order valence-corrected chi connectivity index (χ4v) is 2.89. The Morgan fingerprint density at radius 1 is 1.22 bits per heavy atom. The van der Waals surface area contributed by atoms with Crippen molar-refractivity contribution in [2.45, 2.75) is 65.1 Å². The van der Waals surface area contributed by atoms with Gasteiger partial charge in [-0.25, -0.2) is 9.78 Å². The van der Waals surface area contributed by atoms with Crippen molar-refractivity contribution in [1.82, 2.24) is 14.8 Å². The predicted octanol–water partition coefficient (Wildman–Crippen LogP) is 3.37. The molecule has 0 spiro atoms. The van der Waals surface area contributed by atoms with Crippen LogP contribution >= 0.6 is 0 Å². The molecule has 2 heterocycles. The van der Waals surface area contributed by atoms with Crippen molar-refractivity contribution < 1.29 is 14.3 Å². The Hall–Kier alpha value is -2.31. The van der Waals surface area contributed by atoms with Crippen molar-refractivity contribution in [3.05, 3.63) is 23.9 Å². The van der Waals surface area contributed by atoms with Crippen molar-refractivity contribution in [3.8, 4) is 0 Å². The van der Waals surface area contributed by atoms with E-state index in [1.807, 2.05) is 26.8 Å². The van der Waals surface area contributed by atoms with Crippen LogP contribution in [-0.2, 0) is 4.74 Å². The number of aromatic nitrogens is 1. The van der Waals surface area contributed by atoms with E-state index in [4.69, 9.17) is 4.74 Å². The molecule has 1 saturated heterocycles. The van der Waals surface area contributed by atoms with Gasteiger partial charge >= 0.3 is 6.09 Å². The standard InChI is InChI=1S/C20H32N4O3/c1-19(2,3)22-16-9-8-14(12-21-16)17(25)24-11-10-15(13-24)23(7)18(26)27-20(4,5)6/h8-9,12,15H,10-11,13H2,1-7H3,(H,21,22)/t15-/m0/s1. The van der Waals surface area contributed by atoms with Gasteiger partial charge in [-0.1, -0.05) is 0 Å². The molecule has 1 N–H and O–H groups in total. The zero-order valence-electron chi connectivity index (χ0n) is 17.5. The molecule has 0 bridgehead atoms. The summed E-state index contributed by atoms with van der Waals surface area (Å²) >= 11 is 0. The van der Waals surface area contributed by atoms with Crippen LogP contribution in [0.4, 0.5) is 10.6 Å². The van der Waals surface area contributed by atoms with E-state index in [9.17, 15) is 9.59 Å². The minimum absolute atomic E-state index is 0.0430. The molecule has 0 aromatic carbocycles. The fraction of sp³-hybridized carbons (Fsp3) is 0.650. The lowest BCUT2D eigenvalue weighted by Crippen LogP contribution is -2.42. The zero-order chi connectivity index (χ0) is 20.4. The van der Waals surface area contributed by atoms with Crippen LogP contribution in [0.15, 0.2) is 18.3 Å². The summed E-state index contributed by atoms with van der Waals surface area (Å²) in [4.78, 5) is 32.7. The molecule has 1 fully saturated rings. The number of ether oxygens (including phenoxy) is 1. The highest BCUT2D eigenvalue weighted by molar-refractivity contribution is 5.94. The predicted molar refractivity (Wildman–Crippen MR) is 106 cm³/mol. The molecular weight excluding hydrogens is 344 g/mol. The Labute approximate surface area is 162 Å². The highest BCUT2D eigenvalue weighted by atomic mass is 16.6. The summed E-state index contributed by atoms with van der Waals surface area (Å²) in [5.41, 5.74) is -0.0731. The molecule has 0 saturated carbocycles. The maximum atomic E-state index is 12.7. The van der Waals surface area contributed by atoms with Gasteiger partial charge in [-0.3, -0.25) is 4.79 Å². The summed E-state index contributed by atoms with van der Waals surface area (Å²) < 4.78 is 5.41. The van der Waals surface area contributed by atoms with Crippen molar-refractivity contribution in [3.63, 3.8) is 0 Å². The third-order valence-electron chi connectivity index (χ3n) is 4.19. The molecule has 1 aliphatic rings. The van der Waals surface area contributed by atoms with Gasteiger partial charge < -0.3 is 19.9 Å². The lowest BCUT2D eigenvalue weighted by Gasteiger charge is -2.28. The van der Waals surface area contributed by atoms with Gasteiger partial charge in [0.05, 0.1) is 11.6 Å². The number of hydrogen-bond acceptors (Lipinski definition) is 5. The zero-order valence-corrected chi connectivity index (χ0v) is 17.5. The number of likely N-dealkylation sites (N-methyl/N-ethyl adjacent to an activating group) is 1. The third-order valence-corrected chi connectivity index (χ3v) is 4.19. The second-order valence-corrected chi connectivity index (χ2v) is 9.09. The monoisotopic (exact) mass is 376 g/mol. The van der Waals surface area contributed by atoms with Gasteiger partial charge in [-0.05, 0) is 60.1 Å². The van der Waals surface area contributed by atoms with E-state index in [1.54, 1.807) is 29.1 Å². The minimum Gasteiger partial charge on any atom is -0.444 e. The van der Waals surface area contributed by atoms with Crippen LogP contribution in [0.2, 0.25) is 0 Å². The first-order valence-electron chi connectivity index (χ1n) is 9.35. The maximum absolute atomic E-state index is 12.7. The van der Waals surface area contributed by atoms with Crippen molar-refractivity contribution in [2.24, 2.45) is 0 Å². The summed E-state index contributed by atoms with van der Waals surface area (Å²) in [5.74, 6) is 0.674. The van der Waals surface area contributed by atoms with Gasteiger partial charge in [0.15, 0.2) is 0 Å². The molecule has 1 aliphatic heterocycles. The van der Waals surface area contributed by atoms with Gasteiger partial charge in [-0.2, -0.15) is 0 Å². The second-order valence-electron chi connectivity index (χ2n) is 9.09. The summed E-state index contributed by atoms with van der Waals surface area (Å²) in [5, 5.41) is 3.28. The number of anilines is 1. The third kappa shape index (κ3) is 6.12. The number of hydrogen-bond donors (Lipinski definition) is 1. The topological polar surface area (TPSA) is 74.8 Å². The summed E-state index contributed by atoms with van der Waals surface area (Å²) in [6.45, 7) is 12.8. The molecular formula is C20H32N4O3. The first-order valence-corrected chi connectivity index (χ1v) is 9.35. The molecule has 150 valence electrons. The Balaban J connectivity index is 1.96. The first kappa shape index (κ1) is 21.0. The number of nitrogens with zero attached hydrogens (tertiary/aromatic N) is 3. The number of carbonyl (C=O) groups is 2. The van der Waals surface area contributed by atoms with Gasteiger partial charge in [0, 0.05) is 31.9 Å². The van der Waals surface area contributed by atoms with E-state index in [-0.39, 0.29) is 23.6 Å². The number of rotatable bonds is 3. The number of likely N-dealkylation sites (tertiary alicyclic amines) is 1. The average Bonchev–Trinajstić information content (AvgIpc) is 3.01. The molecule has 2 rings (SSSR count). The van der Waals surface area contributed by atoms with Gasteiger partial charge in [0.2, 0.25) is 0 Å². The van der Waals surface area contributed by atoms with Crippen molar-refractivity contribution in [2.75, 3.05) is 25.5 Å². The van der Waals surface area contributed by atoms with Crippen LogP contribution in [0, 0.1) is 0 Å². The van der Waals surface area contributed by atoms with Crippen LogP contribution in [0.5, 0.6) is 0 Å². The number of nitrogens with one attached hydrogen (secondary N) is 1. The molecule has 7 heteroatoms. The molecule has 0 radical (unpaired) electrons. The minimum atomic E-state index is -0.534. The van der Waals surface area contributed by atoms with Gasteiger partial charge in [0.1, 0.15) is 11.4 Å². The number of carbonyl (C=O) groups excluding carboxylic acids is 2. The Bertz CT molecular complexity index is 674. The highest BCUT2D eigenvalue weighted by Gasteiger charge is 2.33.